The van der Waals surface area contributed by atoms with Crippen LogP contribution in [0.4, 0.5) is 8.78 Å². The van der Waals surface area contributed by atoms with Crippen molar-refractivity contribution in [3.8, 4) is 5.75 Å². The Bertz CT molecular complexity index is 400. The lowest BCUT2D eigenvalue weighted by atomic mass is 10.2. The SMILES string of the molecule is CCCCCCOc1c(F)cc(C(N)=S)cc1F. The van der Waals surface area contributed by atoms with Crippen molar-refractivity contribution in [1.29, 1.82) is 0 Å². The summed E-state index contributed by atoms with van der Waals surface area (Å²) in [6, 6.07) is 2.18. The van der Waals surface area contributed by atoms with E-state index in [0.717, 1.165) is 37.8 Å². The molecule has 1 aromatic rings. The van der Waals surface area contributed by atoms with E-state index in [9.17, 15) is 8.78 Å². The van der Waals surface area contributed by atoms with Crippen molar-refractivity contribution in [2.45, 2.75) is 32.6 Å². The monoisotopic (exact) mass is 273 g/mol. The Balaban J connectivity index is 2.63. The Labute approximate surface area is 111 Å². The quantitative estimate of drug-likeness (QED) is 0.609. The number of rotatable bonds is 7. The molecule has 5 heteroatoms. The minimum atomic E-state index is -0.770. The standard InChI is InChI=1S/C13H17F2NOS/c1-2-3-4-5-6-17-12-10(14)7-9(13(16)18)8-11(12)15/h7-8H,2-6H2,1H3,(H2,16,18). The molecule has 0 heterocycles. The Morgan fingerprint density at radius 2 is 1.83 bits per heavy atom. The predicted molar refractivity (Wildman–Crippen MR) is 71.9 cm³/mol. The molecule has 0 amide bonds. The fourth-order valence-electron chi connectivity index (χ4n) is 1.54. The van der Waals surface area contributed by atoms with E-state index in [1.807, 2.05) is 0 Å². The highest BCUT2D eigenvalue weighted by Crippen LogP contribution is 2.23. The van der Waals surface area contributed by atoms with Gasteiger partial charge in [0.25, 0.3) is 0 Å². The third-order valence-electron chi connectivity index (χ3n) is 2.53. The van der Waals surface area contributed by atoms with Gasteiger partial charge in [0.2, 0.25) is 0 Å². The van der Waals surface area contributed by atoms with Crippen molar-refractivity contribution in [3.05, 3.63) is 29.3 Å². The zero-order valence-electron chi connectivity index (χ0n) is 10.3. The first kappa shape index (κ1) is 14.8. The van der Waals surface area contributed by atoms with Gasteiger partial charge in [-0.25, -0.2) is 8.78 Å². The van der Waals surface area contributed by atoms with Crippen LogP contribution in [-0.4, -0.2) is 11.6 Å². The molecule has 0 aliphatic rings. The van der Waals surface area contributed by atoms with Gasteiger partial charge in [-0.1, -0.05) is 38.4 Å². The van der Waals surface area contributed by atoms with Gasteiger partial charge in [0.15, 0.2) is 17.4 Å². The molecule has 0 radical (unpaired) electrons. The number of thiocarbonyl (C=S) groups is 1. The maximum atomic E-state index is 13.6. The molecular formula is C13H17F2NOS. The van der Waals surface area contributed by atoms with E-state index in [1.54, 1.807) is 0 Å². The normalized spacial score (nSPS) is 10.4. The summed E-state index contributed by atoms with van der Waals surface area (Å²) in [6.45, 7) is 2.40. The third-order valence-corrected chi connectivity index (χ3v) is 2.76. The highest BCUT2D eigenvalue weighted by Gasteiger charge is 2.13. The van der Waals surface area contributed by atoms with Crippen LogP contribution < -0.4 is 10.5 Å². The van der Waals surface area contributed by atoms with Crippen LogP contribution in [0.3, 0.4) is 0 Å². The Kier molecular flexibility index (Phi) is 5.98. The molecule has 100 valence electrons. The van der Waals surface area contributed by atoms with Crippen molar-refractivity contribution in [3.63, 3.8) is 0 Å². The van der Waals surface area contributed by atoms with Crippen molar-refractivity contribution in [2.24, 2.45) is 5.73 Å². The molecule has 0 unspecified atom stereocenters. The molecule has 0 saturated heterocycles. The van der Waals surface area contributed by atoms with Crippen LogP contribution in [0.5, 0.6) is 5.75 Å². The molecule has 0 spiro atoms. The van der Waals surface area contributed by atoms with Gasteiger partial charge in [-0.05, 0) is 18.6 Å². The molecule has 0 aliphatic carbocycles. The van der Waals surface area contributed by atoms with E-state index in [2.05, 4.69) is 19.1 Å². The topological polar surface area (TPSA) is 35.2 Å². The summed E-state index contributed by atoms with van der Waals surface area (Å²) in [5.74, 6) is -1.90. The Morgan fingerprint density at radius 3 is 2.33 bits per heavy atom. The molecular weight excluding hydrogens is 256 g/mol. The first-order valence-corrected chi connectivity index (χ1v) is 6.38. The molecule has 0 atom stereocenters. The van der Waals surface area contributed by atoms with Gasteiger partial charge in [0, 0.05) is 5.56 Å². The summed E-state index contributed by atoms with van der Waals surface area (Å²) in [6.07, 6.45) is 3.97. The molecule has 2 N–H and O–H groups in total. The number of hydrogen-bond acceptors (Lipinski definition) is 2. The fraction of sp³-hybridized carbons (Fsp3) is 0.462. The van der Waals surface area contributed by atoms with Crippen molar-refractivity contribution in [2.75, 3.05) is 6.61 Å². The molecule has 0 aromatic heterocycles. The van der Waals surface area contributed by atoms with Crippen LogP contribution in [0, 0.1) is 11.6 Å². The van der Waals surface area contributed by atoms with Crippen LogP contribution in [0.2, 0.25) is 0 Å². The summed E-state index contributed by atoms with van der Waals surface area (Å²) in [5, 5.41) is 0. The number of hydrogen-bond donors (Lipinski definition) is 1. The van der Waals surface area contributed by atoms with Gasteiger partial charge in [-0.3, -0.25) is 0 Å². The predicted octanol–water partition coefficient (Wildman–Crippen LogP) is 3.56. The maximum Gasteiger partial charge on any atom is 0.190 e. The van der Waals surface area contributed by atoms with E-state index in [0.29, 0.717) is 6.61 Å². The van der Waals surface area contributed by atoms with Gasteiger partial charge >= 0.3 is 0 Å². The average molecular weight is 273 g/mol. The van der Waals surface area contributed by atoms with E-state index in [1.165, 1.54) is 0 Å². The maximum absolute atomic E-state index is 13.6. The van der Waals surface area contributed by atoms with Crippen LogP contribution in [0.1, 0.15) is 38.2 Å². The summed E-state index contributed by atoms with van der Waals surface area (Å²) >= 11 is 4.66. The van der Waals surface area contributed by atoms with Gasteiger partial charge in [0.1, 0.15) is 4.99 Å². The first-order chi connectivity index (χ1) is 8.56. The van der Waals surface area contributed by atoms with Crippen molar-refractivity contribution < 1.29 is 13.5 Å². The van der Waals surface area contributed by atoms with Crippen LogP contribution >= 0.6 is 12.2 Å². The van der Waals surface area contributed by atoms with E-state index in [4.69, 9.17) is 10.5 Å². The highest BCUT2D eigenvalue weighted by atomic mass is 32.1. The third kappa shape index (κ3) is 4.22. The van der Waals surface area contributed by atoms with Crippen LogP contribution in [0.15, 0.2) is 12.1 Å². The molecule has 1 aromatic carbocycles. The van der Waals surface area contributed by atoms with Crippen LogP contribution in [-0.2, 0) is 0 Å². The average Bonchev–Trinajstić information content (AvgIpc) is 2.31. The summed E-state index contributed by atoms with van der Waals surface area (Å²) < 4.78 is 32.2. The minimum absolute atomic E-state index is 0.0395. The van der Waals surface area contributed by atoms with Gasteiger partial charge in [-0.2, -0.15) is 0 Å². The Hall–Kier alpha value is -1.23. The minimum Gasteiger partial charge on any atom is -0.488 e. The second-order valence-electron chi connectivity index (χ2n) is 4.04. The van der Waals surface area contributed by atoms with Gasteiger partial charge < -0.3 is 10.5 Å². The summed E-state index contributed by atoms with van der Waals surface area (Å²) in [4.78, 5) is -0.0395. The number of unbranched alkanes of at least 4 members (excludes halogenated alkanes) is 3. The van der Waals surface area contributed by atoms with E-state index >= 15 is 0 Å². The van der Waals surface area contributed by atoms with Gasteiger partial charge in [-0.15, -0.1) is 0 Å². The molecule has 0 bridgehead atoms. The van der Waals surface area contributed by atoms with Gasteiger partial charge in [0.05, 0.1) is 6.61 Å². The smallest absolute Gasteiger partial charge is 0.190 e. The lowest BCUT2D eigenvalue weighted by Gasteiger charge is -2.09. The largest absolute Gasteiger partial charge is 0.488 e. The second-order valence-corrected chi connectivity index (χ2v) is 4.48. The lowest BCUT2D eigenvalue weighted by Crippen LogP contribution is -2.11. The number of nitrogens with two attached hydrogens (primary N) is 1. The zero-order chi connectivity index (χ0) is 13.5. The summed E-state index contributed by atoms with van der Waals surface area (Å²) in [5.41, 5.74) is 5.48. The van der Waals surface area contributed by atoms with E-state index in [-0.39, 0.29) is 16.3 Å². The van der Waals surface area contributed by atoms with E-state index < -0.39 is 11.6 Å². The summed E-state index contributed by atoms with van der Waals surface area (Å²) in [7, 11) is 0. The molecule has 1 rings (SSSR count). The first-order valence-electron chi connectivity index (χ1n) is 5.98. The Morgan fingerprint density at radius 1 is 1.22 bits per heavy atom. The highest BCUT2D eigenvalue weighted by molar-refractivity contribution is 7.80. The molecule has 0 aliphatic heterocycles. The molecule has 0 fully saturated rings. The molecule has 2 nitrogen and oxygen atoms in total. The van der Waals surface area contributed by atoms with Crippen molar-refractivity contribution >= 4 is 17.2 Å². The number of ether oxygens (including phenoxy) is 1. The fourth-order valence-corrected chi connectivity index (χ4v) is 1.66. The zero-order valence-corrected chi connectivity index (χ0v) is 11.2. The van der Waals surface area contributed by atoms with Crippen molar-refractivity contribution in [1.82, 2.24) is 0 Å². The molecule has 18 heavy (non-hydrogen) atoms. The number of halogens is 2. The number of benzene rings is 1. The lowest BCUT2D eigenvalue weighted by molar-refractivity contribution is 0.275. The molecule has 0 saturated carbocycles. The van der Waals surface area contributed by atoms with Crippen LogP contribution in [0.25, 0.3) is 0 Å². The second kappa shape index (κ2) is 7.26.